The average Bonchev–Trinajstić information content (AvgIpc) is 1.95. The van der Waals surface area contributed by atoms with Gasteiger partial charge in [0.25, 0.3) is 0 Å². The first-order valence-electron chi connectivity index (χ1n) is 4.45. The van der Waals surface area contributed by atoms with Gasteiger partial charge in [-0.15, -0.1) is 0 Å². The second-order valence-electron chi connectivity index (χ2n) is 3.83. The second-order valence-corrected chi connectivity index (χ2v) is 3.83. The van der Waals surface area contributed by atoms with E-state index in [1.165, 1.54) is 0 Å². The second kappa shape index (κ2) is 3.55. The van der Waals surface area contributed by atoms with E-state index < -0.39 is 29.6 Å². The van der Waals surface area contributed by atoms with Crippen molar-refractivity contribution in [3.63, 3.8) is 0 Å². The van der Waals surface area contributed by atoms with Crippen molar-refractivity contribution < 1.29 is 23.8 Å². The monoisotopic (exact) mass is 203 g/mol. The van der Waals surface area contributed by atoms with Crippen molar-refractivity contribution in [2.45, 2.75) is 39.0 Å². The Hall–Kier alpha value is -1.13. The van der Waals surface area contributed by atoms with Crippen LogP contribution in [-0.2, 0) is 14.3 Å². The van der Waals surface area contributed by atoms with Crippen LogP contribution in [0.2, 0.25) is 0 Å². The maximum Gasteiger partial charge on any atom is 0.318 e. The zero-order valence-electron chi connectivity index (χ0n) is 8.08. The Kier molecular flexibility index (Phi) is 2.78. The first kappa shape index (κ1) is 10.9. The van der Waals surface area contributed by atoms with Gasteiger partial charge in [0.1, 0.15) is 11.6 Å². The molecule has 1 aliphatic carbocycles. The number of hydrogen-bond acceptors (Lipinski definition) is 4. The van der Waals surface area contributed by atoms with E-state index in [1.54, 1.807) is 13.8 Å². The lowest BCUT2D eigenvalue weighted by Gasteiger charge is -2.42. The fraction of sp³-hybridized carbons (Fsp3) is 0.778. The van der Waals surface area contributed by atoms with Crippen molar-refractivity contribution in [1.82, 2.24) is 0 Å². The highest BCUT2D eigenvalue weighted by Gasteiger charge is 2.53. The van der Waals surface area contributed by atoms with Gasteiger partial charge in [0.2, 0.25) is 0 Å². The Bertz CT molecular complexity index is 256. The summed E-state index contributed by atoms with van der Waals surface area (Å²) in [6.45, 7) is 3.21. The molecule has 5 heteroatoms. The summed E-state index contributed by atoms with van der Waals surface area (Å²) in [7, 11) is 0. The predicted octanol–water partition coefficient (Wildman–Crippen LogP) is -0.194. The molecule has 0 saturated heterocycles. The van der Waals surface area contributed by atoms with Crippen LogP contribution in [0, 0.1) is 5.41 Å². The molecule has 0 radical (unpaired) electrons. The van der Waals surface area contributed by atoms with Gasteiger partial charge in [0.15, 0.2) is 0 Å². The zero-order chi connectivity index (χ0) is 10.9. The molecule has 0 spiro atoms. The van der Waals surface area contributed by atoms with Crippen molar-refractivity contribution in [3.8, 4) is 0 Å². The summed E-state index contributed by atoms with van der Waals surface area (Å²) in [5, 5.41) is 10.7. The molecule has 4 nitrogen and oxygen atoms in total. The first-order valence-corrected chi connectivity index (χ1v) is 4.45. The highest BCUT2D eigenvalue weighted by atomic mass is 19.1. The molecule has 0 aromatic heterocycles. The Labute approximate surface area is 81.0 Å². The summed E-state index contributed by atoms with van der Waals surface area (Å²) in [4.78, 5) is 22.0. The maximum atomic E-state index is 12.6. The largest absolute Gasteiger partial charge is 0.549 e. The minimum Gasteiger partial charge on any atom is -0.549 e. The Morgan fingerprint density at radius 3 is 2.29 bits per heavy atom. The molecule has 0 aliphatic heterocycles. The van der Waals surface area contributed by atoms with Crippen molar-refractivity contribution in [2.24, 2.45) is 5.41 Å². The van der Waals surface area contributed by atoms with Crippen LogP contribution in [0.15, 0.2) is 0 Å². The maximum absolute atomic E-state index is 12.6. The lowest BCUT2D eigenvalue weighted by Crippen LogP contribution is -2.57. The van der Waals surface area contributed by atoms with Crippen LogP contribution in [0.25, 0.3) is 0 Å². The molecule has 0 unspecified atom stereocenters. The fourth-order valence-corrected chi connectivity index (χ4v) is 1.44. The van der Waals surface area contributed by atoms with Gasteiger partial charge in [-0.2, -0.15) is 0 Å². The van der Waals surface area contributed by atoms with Crippen LogP contribution in [0.4, 0.5) is 4.39 Å². The number of carboxylic acids is 1. The molecule has 80 valence electrons. The predicted molar refractivity (Wildman–Crippen MR) is 42.8 cm³/mol. The number of ether oxygens (including phenoxy) is 1. The molecular formula is C9H12FO4-. The van der Waals surface area contributed by atoms with Crippen LogP contribution >= 0.6 is 0 Å². The molecule has 1 saturated carbocycles. The number of alkyl halides is 1. The smallest absolute Gasteiger partial charge is 0.318 e. The Morgan fingerprint density at radius 2 is 2.00 bits per heavy atom. The third kappa shape index (κ3) is 1.71. The minimum atomic E-state index is -1.75. The number of esters is 1. The third-order valence-electron chi connectivity index (χ3n) is 2.26. The van der Waals surface area contributed by atoms with Crippen molar-refractivity contribution in [3.05, 3.63) is 0 Å². The summed E-state index contributed by atoms with van der Waals surface area (Å²) < 4.78 is 17.3. The Balaban J connectivity index is 2.70. The topological polar surface area (TPSA) is 66.4 Å². The molecule has 14 heavy (non-hydrogen) atoms. The van der Waals surface area contributed by atoms with Gasteiger partial charge in [-0.3, -0.25) is 4.79 Å². The minimum absolute atomic E-state index is 0.332. The number of carbonyl (C=O) groups is 2. The van der Waals surface area contributed by atoms with Gasteiger partial charge < -0.3 is 14.6 Å². The molecule has 1 rings (SSSR count). The van der Waals surface area contributed by atoms with Crippen LogP contribution in [-0.4, -0.2) is 24.2 Å². The van der Waals surface area contributed by atoms with Crippen LogP contribution in [0.1, 0.15) is 26.7 Å². The van der Waals surface area contributed by atoms with E-state index in [0.29, 0.717) is 0 Å². The Morgan fingerprint density at radius 1 is 1.50 bits per heavy atom. The summed E-state index contributed by atoms with van der Waals surface area (Å²) in [6.07, 6.45) is -2.31. The zero-order valence-corrected chi connectivity index (χ0v) is 8.08. The first-order chi connectivity index (χ1) is 6.38. The summed E-state index contributed by atoms with van der Waals surface area (Å²) >= 11 is 0. The van der Waals surface area contributed by atoms with E-state index in [-0.39, 0.29) is 12.8 Å². The average molecular weight is 203 g/mol. The van der Waals surface area contributed by atoms with E-state index in [1.807, 2.05) is 0 Å². The summed E-state index contributed by atoms with van der Waals surface area (Å²) in [5.74, 6) is -2.43. The molecule has 0 heterocycles. The van der Waals surface area contributed by atoms with Gasteiger partial charge >= 0.3 is 5.97 Å². The van der Waals surface area contributed by atoms with E-state index in [0.717, 1.165) is 0 Å². The van der Waals surface area contributed by atoms with Gasteiger partial charge in [0.05, 0.1) is 12.1 Å². The lowest BCUT2D eigenvalue weighted by atomic mass is 9.67. The molecule has 0 amide bonds. The summed E-state index contributed by atoms with van der Waals surface area (Å²) in [6, 6.07) is 0. The van der Waals surface area contributed by atoms with E-state index in [2.05, 4.69) is 0 Å². The van der Waals surface area contributed by atoms with Gasteiger partial charge in [-0.25, -0.2) is 4.39 Å². The van der Waals surface area contributed by atoms with Gasteiger partial charge in [0, 0.05) is 12.8 Å². The van der Waals surface area contributed by atoms with Gasteiger partial charge in [-0.05, 0) is 13.8 Å². The number of rotatable bonds is 3. The molecule has 0 atom stereocenters. The van der Waals surface area contributed by atoms with Crippen molar-refractivity contribution in [2.75, 3.05) is 0 Å². The quantitative estimate of drug-likeness (QED) is 0.471. The number of halogens is 1. The van der Waals surface area contributed by atoms with E-state index in [4.69, 9.17) is 4.74 Å². The standard InChI is InChI=1S/C9H13FO4/c1-5(2)14-8(13)9(7(11)12)3-6(10)4-9/h5-6H,3-4H2,1-2H3,(H,11,12)/p-1. The van der Waals surface area contributed by atoms with Crippen LogP contribution < -0.4 is 5.11 Å². The van der Waals surface area contributed by atoms with Crippen LogP contribution in [0.3, 0.4) is 0 Å². The van der Waals surface area contributed by atoms with Crippen molar-refractivity contribution in [1.29, 1.82) is 0 Å². The number of carboxylic acid groups (broad SMARTS) is 1. The highest BCUT2D eigenvalue weighted by Crippen LogP contribution is 2.43. The number of hydrogen-bond donors (Lipinski definition) is 0. The SMILES string of the molecule is CC(C)OC(=O)C1(C(=O)[O-])CC(F)C1. The van der Waals surface area contributed by atoms with Crippen molar-refractivity contribution >= 4 is 11.9 Å². The third-order valence-corrected chi connectivity index (χ3v) is 2.26. The molecular weight excluding hydrogens is 191 g/mol. The highest BCUT2D eigenvalue weighted by molar-refractivity contribution is 5.99. The summed E-state index contributed by atoms with van der Waals surface area (Å²) in [5.41, 5.74) is -1.75. The molecule has 1 fully saturated rings. The number of carbonyl (C=O) groups excluding carboxylic acids is 2. The lowest BCUT2D eigenvalue weighted by molar-refractivity contribution is -0.324. The van der Waals surface area contributed by atoms with Crippen LogP contribution in [0.5, 0.6) is 0 Å². The molecule has 0 aromatic carbocycles. The molecule has 0 aromatic rings. The van der Waals surface area contributed by atoms with E-state index in [9.17, 15) is 19.1 Å². The molecule has 0 N–H and O–H groups in total. The number of aliphatic carboxylic acids is 1. The fourth-order valence-electron chi connectivity index (χ4n) is 1.44. The molecule has 1 aliphatic rings. The van der Waals surface area contributed by atoms with E-state index >= 15 is 0 Å². The molecule has 0 bridgehead atoms. The normalized spacial score (nSPS) is 31.0. The van der Waals surface area contributed by atoms with Gasteiger partial charge in [-0.1, -0.05) is 0 Å².